The van der Waals surface area contributed by atoms with Gasteiger partial charge in [-0.25, -0.2) is 4.79 Å². The molecule has 1 atom stereocenters. The lowest BCUT2D eigenvalue weighted by molar-refractivity contribution is -0.140. The summed E-state index contributed by atoms with van der Waals surface area (Å²) in [5, 5.41) is 4.00. The van der Waals surface area contributed by atoms with Crippen LogP contribution in [0.15, 0.2) is 53.7 Å². The Balaban J connectivity index is 2.00. The highest BCUT2D eigenvalue weighted by Gasteiger charge is 2.27. The predicted octanol–water partition coefficient (Wildman–Crippen LogP) is 3.49. The number of methoxy groups -OCH3 is 1. The molecule has 1 unspecified atom stereocenters. The molecular weight excluding hydrogens is 294 g/mol. The second kappa shape index (κ2) is 6.52. The van der Waals surface area contributed by atoms with Crippen molar-refractivity contribution in [3.05, 3.63) is 59.7 Å². The summed E-state index contributed by atoms with van der Waals surface area (Å²) in [6, 6.07) is 15.4. The van der Waals surface area contributed by atoms with Crippen molar-refractivity contribution < 1.29 is 19.1 Å². The number of rotatable bonds is 3. The van der Waals surface area contributed by atoms with Gasteiger partial charge in [0.25, 0.3) is 0 Å². The van der Waals surface area contributed by atoms with Crippen molar-refractivity contribution in [3.63, 3.8) is 0 Å². The first kappa shape index (κ1) is 15.1. The van der Waals surface area contributed by atoms with E-state index in [1.807, 2.05) is 48.5 Å². The lowest BCUT2D eigenvalue weighted by Crippen LogP contribution is -2.21. The van der Waals surface area contributed by atoms with Crippen LogP contribution in [0.5, 0.6) is 11.5 Å². The Morgan fingerprint density at radius 2 is 2.00 bits per heavy atom. The van der Waals surface area contributed by atoms with Crippen LogP contribution >= 0.6 is 0 Å². The van der Waals surface area contributed by atoms with Gasteiger partial charge >= 0.3 is 5.97 Å². The van der Waals surface area contributed by atoms with Gasteiger partial charge in [0, 0.05) is 25.0 Å². The average molecular weight is 311 g/mol. The number of oxime groups is 1. The van der Waals surface area contributed by atoms with Gasteiger partial charge in [-0.3, -0.25) is 0 Å². The number of hydrogen-bond donors (Lipinski definition) is 0. The van der Waals surface area contributed by atoms with Crippen LogP contribution in [-0.4, -0.2) is 18.8 Å². The highest BCUT2D eigenvalue weighted by atomic mass is 16.7. The van der Waals surface area contributed by atoms with E-state index in [9.17, 15) is 4.79 Å². The van der Waals surface area contributed by atoms with E-state index in [2.05, 4.69) is 5.16 Å². The fourth-order valence-electron chi connectivity index (χ4n) is 2.51. The molecule has 5 nitrogen and oxygen atoms in total. The molecule has 2 aromatic carbocycles. The number of ether oxygens (including phenoxy) is 2. The maximum absolute atomic E-state index is 11.1. The monoisotopic (exact) mass is 311 g/mol. The van der Waals surface area contributed by atoms with Gasteiger partial charge in [-0.1, -0.05) is 35.5 Å². The summed E-state index contributed by atoms with van der Waals surface area (Å²) in [5.41, 5.74) is 2.52. The van der Waals surface area contributed by atoms with Crippen LogP contribution in [0, 0.1) is 0 Å². The molecule has 0 bridgehead atoms. The second-order valence-electron chi connectivity index (χ2n) is 5.20. The predicted molar refractivity (Wildman–Crippen MR) is 85.7 cm³/mol. The lowest BCUT2D eigenvalue weighted by Gasteiger charge is -2.27. The first-order chi connectivity index (χ1) is 11.2. The van der Waals surface area contributed by atoms with Gasteiger partial charge in [-0.2, -0.15) is 0 Å². The molecule has 5 heteroatoms. The first-order valence-electron chi connectivity index (χ1n) is 7.32. The summed E-state index contributed by atoms with van der Waals surface area (Å²) in [5.74, 6) is 0.912. The van der Waals surface area contributed by atoms with Crippen LogP contribution in [0.4, 0.5) is 0 Å². The van der Waals surface area contributed by atoms with E-state index in [4.69, 9.17) is 14.3 Å². The molecule has 3 rings (SSSR count). The Morgan fingerprint density at radius 1 is 1.22 bits per heavy atom. The SMILES string of the molecule is COc1ccc2c(c1)OC(c1ccccc1)C/C2=N\OC(C)=O. The van der Waals surface area contributed by atoms with E-state index in [1.165, 1.54) is 6.92 Å². The molecule has 2 aromatic rings. The molecular formula is C18H17NO4. The highest BCUT2D eigenvalue weighted by Crippen LogP contribution is 2.37. The largest absolute Gasteiger partial charge is 0.497 e. The number of carbonyl (C=O) groups excluding carboxylic acids is 1. The molecule has 0 saturated heterocycles. The van der Waals surface area contributed by atoms with Gasteiger partial charge in [-0.15, -0.1) is 0 Å². The van der Waals surface area contributed by atoms with Gasteiger partial charge in [-0.05, 0) is 17.7 Å². The summed E-state index contributed by atoms with van der Waals surface area (Å²) in [4.78, 5) is 15.9. The zero-order valence-corrected chi connectivity index (χ0v) is 13.0. The molecule has 118 valence electrons. The molecule has 23 heavy (non-hydrogen) atoms. The third-order valence-electron chi connectivity index (χ3n) is 3.60. The van der Waals surface area contributed by atoms with Crippen LogP contribution in [0.25, 0.3) is 0 Å². The van der Waals surface area contributed by atoms with Crippen molar-refractivity contribution >= 4 is 11.7 Å². The van der Waals surface area contributed by atoms with Crippen molar-refractivity contribution in [2.75, 3.05) is 7.11 Å². The van der Waals surface area contributed by atoms with Gasteiger partial charge in [0.15, 0.2) is 0 Å². The minimum atomic E-state index is -0.449. The van der Waals surface area contributed by atoms with E-state index < -0.39 is 5.97 Å². The van der Waals surface area contributed by atoms with E-state index >= 15 is 0 Å². The maximum atomic E-state index is 11.1. The molecule has 1 heterocycles. The molecule has 0 N–H and O–H groups in total. The number of fused-ring (bicyclic) bond motifs is 1. The Morgan fingerprint density at radius 3 is 2.70 bits per heavy atom. The maximum Gasteiger partial charge on any atom is 0.331 e. The summed E-state index contributed by atoms with van der Waals surface area (Å²) in [7, 11) is 1.60. The molecule has 1 aliphatic rings. The van der Waals surface area contributed by atoms with Crippen LogP contribution in [0.2, 0.25) is 0 Å². The molecule has 0 saturated carbocycles. The van der Waals surface area contributed by atoms with Crippen LogP contribution < -0.4 is 9.47 Å². The molecule has 0 radical (unpaired) electrons. The topological polar surface area (TPSA) is 57.1 Å². The van der Waals surface area contributed by atoms with Gasteiger partial charge in [0.1, 0.15) is 17.6 Å². The minimum absolute atomic E-state index is 0.190. The Hall–Kier alpha value is -2.82. The number of carbonyl (C=O) groups is 1. The van der Waals surface area contributed by atoms with Crippen molar-refractivity contribution in [1.82, 2.24) is 0 Å². The Bertz CT molecular complexity index is 740. The first-order valence-corrected chi connectivity index (χ1v) is 7.32. The third kappa shape index (κ3) is 3.34. The molecule has 0 amide bonds. The van der Waals surface area contributed by atoms with Crippen molar-refractivity contribution in [2.24, 2.45) is 5.16 Å². The molecule has 0 fully saturated rings. The Kier molecular flexibility index (Phi) is 4.28. The fourth-order valence-corrected chi connectivity index (χ4v) is 2.51. The zero-order chi connectivity index (χ0) is 16.2. The minimum Gasteiger partial charge on any atom is -0.497 e. The third-order valence-corrected chi connectivity index (χ3v) is 3.60. The highest BCUT2D eigenvalue weighted by molar-refractivity contribution is 6.04. The van der Waals surface area contributed by atoms with Crippen LogP contribution in [0.3, 0.4) is 0 Å². The molecule has 0 aromatic heterocycles. The Labute approximate surface area is 134 Å². The van der Waals surface area contributed by atoms with Crippen molar-refractivity contribution in [2.45, 2.75) is 19.4 Å². The zero-order valence-electron chi connectivity index (χ0n) is 13.0. The molecule has 1 aliphatic heterocycles. The van der Waals surface area contributed by atoms with Crippen molar-refractivity contribution in [1.29, 1.82) is 0 Å². The number of benzene rings is 2. The smallest absolute Gasteiger partial charge is 0.331 e. The van der Waals surface area contributed by atoms with E-state index in [0.717, 1.165) is 11.1 Å². The van der Waals surface area contributed by atoms with Crippen molar-refractivity contribution in [3.8, 4) is 11.5 Å². The number of hydrogen-bond acceptors (Lipinski definition) is 5. The quantitative estimate of drug-likeness (QED) is 0.643. The normalized spacial score (nSPS) is 18.0. The van der Waals surface area contributed by atoms with Gasteiger partial charge in [0.05, 0.1) is 12.8 Å². The summed E-state index contributed by atoms with van der Waals surface area (Å²) in [6.07, 6.45) is 0.335. The van der Waals surface area contributed by atoms with Gasteiger partial charge in [0.2, 0.25) is 0 Å². The standard InChI is InChI=1S/C18H17NO4/c1-12(20)23-19-16-11-17(13-6-4-3-5-7-13)22-18-10-14(21-2)8-9-15(16)18/h3-10,17H,11H2,1-2H3/b19-16+. The second-order valence-corrected chi connectivity index (χ2v) is 5.20. The van der Waals surface area contributed by atoms with E-state index in [1.54, 1.807) is 7.11 Å². The number of nitrogens with zero attached hydrogens (tertiary/aromatic N) is 1. The van der Waals surface area contributed by atoms with Gasteiger partial charge < -0.3 is 14.3 Å². The molecule has 0 spiro atoms. The average Bonchev–Trinajstić information content (AvgIpc) is 2.59. The summed E-state index contributed by atoms with van der Waals surface area (Å²) < 4.78 is 11.3. The summed E-state index contributed by atoms with van der Waals surface area (Å²) in [6.45, 7) is 1.33. The fraction of sp³-hybridized carbons (Fsp3) is 0.222. The summed E-state index contributed by atoms with van der Waals surface area (Å²) >= 11 is 0. The van der Waals surface area contributed by atoms with E-state index in [0.29, 0.717) is 23.6 Å². The van der Waals surface area contributed by atoms with Crippen LogP contribution in [-0.2, 0) is 9.63 Å². The lowest BCUT2D eigenvalue weighted by atomic mass is 9.95. The van der Waals surface area contributed by atoms with E-state index in [-0.39, 0.29) is 6.10 Å². The molecule has 0 aliphatic carbocycles. The van der Waals surface area contributed by atoms with Crippen LogP contribution in [0.1, 0.15) is 30.6 Å².